The number of aromatic nitrogens is 2. The van der Waals surface area contributed by atoms with Gasteiger partial charge >= 0.3 is 0 Å². The molecule has 1 aromatic carbocycles. The fourth-order valence-corrected chi connectivity index (χ4v) is 4.57. The number of nitrogens with one attached hydrogen (secondary N) is 1. The van der Waals surface area contributed by atoms with Crippen molar-refractivity contribution in [1.29, 1.82) is 0 Å². The van der Waals surface area contributed by atoms with Crippen molar-refractivity contribution in [2.45, 2.75) is 51.5 Å². The lowest BCUT2D eigenvalue weighted by molar-refractivity contribution is -0.0361. The highest BCUT2D eigenvalue weighted by atomic mass is 16.5. The molecule has 1 saturated heterocycles. The average Bonchev–Trinajstić information content (AvgIpc) is 2.74. The van der Waals surface area contributed by atoms with E-state index < -0.39 is 0 Å². The molecule has 1 aliphatic carbocycles. The number of fused-ring (bicyclic) bond motifs is 1. The molecule has 1 aromatic heterocycles. The van der Waals surface area contributed by atoms with Gasteiger partial charge in [-0.2, -0.15) is 0 Å². The van der Waals surface area contributed by atoms with E-state index in [1.165, 1.54) is 19.3 Å². The minimum absolute atomic E-state index is 0.0277. The number of carbonyl (C=O) groups excluding carboxylic acids is 1. The van der Waals surface area contributed by atoms with Crippen LogP contribution in [0.1, 0.15) is 53.8 Å². The Bertz CT molecular complexity index is 855. The number of carbonyl (C=O) groups is 1. The summed E-state index contributed by atoms with van der Waals surface area (Å²) in [5.74, 6) is -0.0277. The average molecular weight is 383 g/mol. The summed E-state index contributed by atoms with van der Waals surface area (Å²) in [5.41, 5.74) is 4.15. The highest BCUT2D eigenvalue weighted by Crippen LogP contribution is 2.34. The van der Waals surface area contributed by atoms with E-state index in [1.54, 1.807) is 0 Å². The van der Waals surface area contributed by atoms with Crippen molar-refractivity contribution in [2.24, 2.45) is 0 Å². The largest absolute Gasteiger partial charge is 0.379 e. The molecule has 1 N–H and O–H groups in total. The second-order valence-corrected chi connectivity index (χ2v) is 8.17. The first-order chi connectivity index (χ1) is 13.6. The van der Waals surface area contributed by atoms with Gasteiger partial charge in [-0.15, -0.1) is 0 Å². The predicted molar refractivity (Wildman–Crippen MR) is 110 cm³/mol. The number of ether oxygens (including phenoxy) is 1. The van der Waals surface area contributed by atoms with Crippen molar-refractivity contribution in [2.75, 3.05) is 32.8 Å². The third-order valence-corrected chi connectivity index (χ3v) is 6.38. The number of nitrogens with zero attached hydrogens (tertiary/aromatic N) is 3. The minimum atomic E-state index is -0.0277. The molecule has 28 heavy (non-hydrogen) atoms. The Morgan fingerprint density at radius 3 is 2.46 bits per heavy atom. The van der Waals surface area contributed by atoms with Gasteiger partial charge in [-0.25, -0.2) is 9.97 Å². The van der Waals surface area contributed by atoms with E-state index in [9.17, 15) is 4.79 Å². The maximum Gasteiger partial charge on any atom is 0.251 e. The summed E-state index contributed by atoms with van der Waals surface area (Å²) >= 11 is 0. The number of morpholine rings is 1. The molecule has 1 aliphatic heterocycles. The molecule has 2 aliphatic rings. The second-order valence-electron chi connectivity index (χ2n) is 8.17. The second kappa shape index (κ2) is 8.13. The van der Waals surface area contributed by atoms with E-state index in [1.807, 2.05) is 32.0 Å². The molecule has 6 heteroatoms. The van der Waals surface area contributed by atoms with Gasteiger partial charge in [0.2, 0.25) is 0 Å². The molecule has 150 valence electrons. The summed E-state index contributed by atoms with van der Waals surface area (Å²) in [6.07, 6.45) is 6.06. The van der Waals surface area contributed by atoms with Crippen molar-refractivity contribution in [3.8, 4) is 0 Å². The van der Waals surface area contributed by atoms with E-state index in [4.69, 9.17) is 4.74 Å². The number of amides is 1. The third-order valence-electron chi connectivity index (χ3n) is 6.38. The monoisotopic (exact) mass is 382 g/mol. The first-order valence-corrected chi connectivity index (χ1v) is 10.4. The quantitative estimate of drug-likeness (QED) is 0.880. The van der Waals surface area contributed by atoms with E-state index in [-0.39, 0.29) is 11.4 Å². The van der Waals surface area contributed by atoms with Crippen LogP contribution >= 0.6 is 0 Å². The number of hydrogen-bond donors (Lipinski definition) is 1. The van der Waals surface area contributed by atoms with Gasteiger partial charge in [-0.05, 0) is 44.9 Å². The van der Waals surface area contributed by atoms with E-state index >= 15 is 0 Å². The lowest BCUT2D eigenvalue weighted by Crippen LogP contribution is -2.59. The van der Waals surface area contributed by atoms with Crippen LogP contribution in [0.5, 0.6) is 0 Å². The Balaban J connectivity index is 1.50. The molecule has 0 radical (unpaired) electrons. The van der Waals surface area contributed by atoms with Crippen molar-refractivity contribution in [3.63, 3.8) is 0 Å². The molecular weight excluding hydrogens is 352 g/mol. The predicted octanol–water partition coefficient (Wildman–Crippen LogP) is 3.01. The molecule has 2 heterocycles. The van der Waals surface area contributed by atoms with Gasteiger partial charge in [0.25, 0.3) is 5.91 Å². The molecule has 1 saturated carbocycles. The van der Waals surface area contributed by atoms with Gasteiger partial charge < -0.3 is 10.1 Å². The van der Waals surface area contributed by atoms with Crippen LogP contribution in [0.4, 0.5) is 0 Å². The van der Waals surface area contributed by atoms with Crippen LogP contribution in [0.2, 0.25) is 0 Å². The maximum atomic E-state index is 12.9. The van der Waals surface area contributed by atoms with Gasteiger partial charge in [0.1, 0.15) is 0 Å². The zero-order chi connectivity index (χ0) is 19.6. The van der Waals surface area contributed by atoms with E-state index in [0.717, 1.165) is 61.6 Å². The lowest BCUT2D eigenvalue weighted by Gasteiger charge is -2.48. The van der Waals surface area contributed by atoms with Gasteiger partial charge in [0, 0.05) is 30.7 Å². The lowest BCUT2D eigenvalue weighted by atomic mass is 9.79. The van der Waals surface area contributed by atoms with E-state index in [0.29, 0.717) is 12.1 Å². The number of rotatable bonds is 4. The highest BCUT2D eigenvalue weighted by molar-refractivity contribution is 5.97. The van der Waals surface area contributed by atoms with Crippen LogP contribution in [-0.4, -0.2) is 59.2 Å². The Labute approximate surface area is 166 Å². The molecule has 1 amide bonds. The molecule has 4 rings (SSSR count). The topological polar surface area (TPSA) is 67.4 Å². The normalized spacial score (nSPS) is 20.2. The SMILES string of the molecule is Cc1nc2ccc(C(=O)NCC3(N4CCOCC4)CCCCC3)cc2nc1C. The molecule has 0 atom stereocenters. The Morgan fingerprint density at radius 1 is 1.07 bits per heavy atom. The number of hydrogen-bond acceptors (Lipinski definition) is 5. The summed E-state index contributed by atoms with van der Waals surface area (Å²) < 4.78 is 5.55. The molecule has 2 fully saturated rings. The Morgan fingerprint density at radius 2 is 1.75 bits per heavy atom. The molecule has 6 nitrogen and oxygen atoms in total. The minimum Gasteiger partial charge on any atom is -0.379 e. The van der Waals surface area contributed by atoms with Gasteiger partial charge in [0.15, 0.2) is 0 Å². The van der Waals surface area contributed by atoms with Crippen LogP contribution in [0.3, 0.4) is 0 Å². The first-order valence-electron chi connectivity index (χ1n) is 10.4. The molecule has 0 spiro atoms. The van der Waals surface area contributed by atoms with E-state index in [2.05, 4.69) is 20.2 Å². The zero-order valence-corrected chi connectivity index (χ0v) is 17.0. The van der Waals surface area contributed by atoms with Gasteiger partial charge in [-0.3, -0.25) is 9.69 Å². The van der Waals surface area contributed by atoms with Gasteiger partial charge in [-0.1, -0.05) is 19.3 Å². The van der Waals surface area contributed by atoms with Crippen LogP contribution in [0.15, 0.2) is 18.2 Å². The van der Waals surface area contributed by atoms with Crippen molar-refractivity contribution in [3.05, 3.63) is 35.2 Å². The third kappa shape index (κ3) is 3.89. The highest BCUT2D eigenvalue weighted by Gasteiger charge is 2.38. The summed E-state index contributed by atoms with van der Waals surface area (Å²) in [5, 5.41) is 3.23. The fraction of sp³-hybridized carbons (Fsp3) is 0.591. The summed E-state index contributed by atoms with van der Waals surface area (Å²) in [4.78, 5) is 24.6. The summed E-state index contributed by atoms with van der Waals surface area (Å²) in [6, 6.07) is 5.60. The number of aryl methyl sites for hydroxylation is 2. The standard InChI is InChI=1S/C22H30N4O2/c1-16-17(2)25-20-14-18(6-7-19(20)24-16)21(27)23-15-22(8-4-3-5-9-22)26-10-12-28-13-11-26/h6-7,14H,3-5,8-13,15H2,1-2H3,(H,23,27). The van der Waals surface area contributed by atoms with Crippen molar-refractivity contribution < 1.29 is 9.53 Å². The summed E-state index contributed by atoms with van der Waals surface area (Å²) in [6.45, 7) is 8.10. The molecule has 2 aromatic rings. The molecule has 0 unspecified atom stereocenters. The van der Waals surface area contributed by atoms with Crippen molar-refractivity contribution >= 4 is 16.9 Å². The van der Waals surface area contributed by atoms with Crippen LogP contribution in [-0.2, 0) is 4.74 Å². The summed E-state index contributed by atoms with van der Waals surface area (Å²) in [7, 11) is 0. The smallest absolute Gasteiger partial charge is 0.251 e. The molecular formula is C22H30N4O2. The fourth-order valence-electron chi connectivity index (χ4n) is 4.57. The maximum absolute atomic E-state index is 12.9. The van der Waals surface area contributed by atoms with Crippen LogP contribution in [0.25, 0.3) is 11.0 Å². The van der Waals surface area contributed by atoms with Crippen LogP contribution < -0.4 is 5.32 Å². The van der Waals surface area contributed by atoms with Crippen LogP contribution in [0, 0.1) is 13.8 Å². The number of benzene rings is 1. The zero-order valence-electron chi connectivity index (χ0n) is 17.0. The Hall–Kier alpha value is -2.05. The first kappa shape index (κ1) is 19.3. The van der Waals surface area contributed by atoms with Gasteiger partial charge in [0.05, 0.1) is 35.6 Å². The molecule has 0 bridgehead atoms. The Kier molecular flexibility index (Phi) is 5.60. The van der Waals surface area contributed by atoms with Crippen molar-refractivity contribution in [1.82, 2.24) is 20.2 Å².